The Hall–Kier alpha value is -2.77. The first kappa shape index (κ1) is 22.9. The van der Waals surface area contributed by atoms with Gasteiger partial charge in [-0.25, -0.2) is 4.79 Å². The number of carboxylic acids is 1. The van der Waals surface area contributed by atoms with Crippen LogP contribution in [0.25, 0.3) is 22.4 Å². The second-order valence-corrected chi connectivity index (χ2v) is 7.58. The number of aromatic nitrogens is 1. The number of pyridine rings is 1. The molecular weight excluding hydrogens is 454 g/mol. The van der Waals surface area contributed by atoms with E-state index >= 15 is 0 Å². The van der Waals surface area contributed by atoms with Crippen LogP contribution >= 0.6 is 23.2 Å². The average Bonchev–Trinajstić information content (AvgIpc) is 2.69. The first-order valence-electron chi connectivity index (χ1n) is 9.11. The molecule has 0 fully saturated rings. The molecule has 0 atom stereocenters. The Balaban J connectivity index is 2.43. The minimum atomic E-state index is -4.61. The van der Waals surface area contributed by atoms with Crippen molar-refractivity contribution < 1.29 is 23.1 Å². The van der Waals surface area contributed by atoms with Gasteiger partial charge in [-0.1, -0.05) is 41.4 Å². The van der Waals surface area contributed by atoms with E-state index in [1.54, 1.807) is 18.4 Å². The Labute approximate surface area is 185 Å². The van der Waals surface area contributed by atoms with Gasteiger partial charge in [0.15, 0.2) is 0 Å². The topological polar surface area (TPSA) is 59.3 Å². The molecule has 162 valence electrons. The Morgan fingerprint density at radius 3 is 2.29 bits per heavy atom. The smallest absolute Gasteiger partial charge is 0.416 e. The molecule has 1 N–H and O–H groups in total. The molecule has 0 aliphatic carbocycles. The van der Waals surface area contributed by atoms with Crippen LogP contribution < -0.4 is 5.43 Å². The molecule has 9 heteroatoms. The maximum atomic E-state index is 13.3. The fourth-order valence-electron chi connectivity index (χ4n) is 3.56. The van der Waals surface area contributed by atoms with Crippen molar-refractivity contribution in [3.8, 4) is 22.4 Å². The second-order valence-electron chi connectivity index (χ2n) is 6.77. The monoisotopic (exact) mass is 469 g/mol. The van der Waals surface area contributed by atoms with Gasteiger partial charge in [0, 0.05) is 23.4 Å². The predicted molar refractivity (Wildman–Crippen MR) is 114 cm³/mol. The first-order valence-corrected chi connectivity index (χ1v) is 9.86. The Kier molecular flexibility index (Phi) is 6.21. The molecule has 0 aliphatic rings. The molecular formula is C22H16Cl2F3NO3. The third-order valence-corrected chi connectivity index (χ3v) is 5.67. The number of hydrogen-bond acceptors (Lipinski definition) is 2. The molecule has 0 unspecified atom stereocenters. The van der Waals surface area contributed by atoms with Crippen molar-refractivity contribution in [3.05, 3.63) is 79.6 Å². The maximum absolute atomic E-state index is 13.3. The lowest BCUT2D eigenvalue weighted by Crippen LogP contribution is -2.25. The number of carbonyl (C=O) groups is 1. The fourth-order valence-corrected chi connectivity index (χ4v) is 3.86. The van der Waals surface area contributed by atoms with Crippen molar-refractivity contribution in [1.29, 1.82) is 0 Å². The summed E-state index contributed by atoms with van der Waals surface area (Å²) in [6.07, 6.45) is -4.61. The van der Waals surface area contributed by atoms with E-state index in [9.17, 15) is 27.9 Å². The van der Waals surface area contributed by atoms with Gasteiger partial charge in [0.1, 0.15) is 5.56 Å². The number of nitrogens with zero attached hydrogens (tertiary/aromatic N) is 1. The maximum Gasteiger partial charge on any atom is 0.416 e. The van der Waals surface area contributed by atoms with Crippen LogP contribution in [-0.2, 0) is 12.7 Å². The molecule has 0 aliphatic heterocycles. The van der Waals surface area contributed by atoms with Crippen LogP contribution in [-0.4, -0.2) is 15.6 Å². The summed E-state index contributed by atoms with van der Waals surface area (Å²) in [5, 5.41) is 10.3. The lowest BCUT2D eigenvalue weighted by molar-refractivity contribution is -0.137. The van der Waals surface area contributed by atoms with Crippen LogP contribution in [0.1, 0.15) is 28.5 Å². The van der Waals surface area contributed by atoms with E-state index < -0.39 is 28.7 Å². The lowest BCUT2D eigenvalue weighted by atomic mass is 9.95. The van der Waals surface area contributed by atoms with Gasteiger partial charge >= 0.3 is 12.1 Å². The van der Waals surface area contributed by atoms with Gasteiger partial charge in [0.2, 0.25) is 5.43 Å². The van der Waals surface area contributed by atoms with Gasteiger partial charge < -0.3 is 9.67 Å². The first-order chi connectivity index (χ1) is 14.5. The Bertz CT molecular complexity index is 1250. The van der Waals surface area contributed by atoms with Gasteiger partial charge in [-0.15, -0.1) is 0 Å². The molecule has 3 aromatic rings. The van der Waals surface area contributed by atoms with Gasteiger partial charge in [0.05, 0.1) is 21.3 Å². The van der Waals surface area contributed by atoms with Crippen LogP contribution in [0, 0.1) is 6.92 Å². The summed E-state index contributed by atoms with van der Waals surface area (Å²) in [7, 11) is 0. The highest BCUT2D eigenvalue weighted by Gasteiger charge is 2.32. The highest BCUT2D eigenvalue weighted by Crippen LogP contribution is 2.35. The third kappa shape index (κ3) is 4.20. The van der Waals surface area contributed by atoms with Crippen LogP contribution in [0.4, 0.5) is 13.2 Å². The molecule has 2 aromatic carbocycles. The van der Waals surface area contributed by atoms with Crippen molar-refractivity contribution in [1.82, 2.24) is 4.57 Å². The SMILES string of the molecule is CCn1c(C)c(-c2cccc(C(F)(F)F)c2)c(=O)c(C(=O)O)c1-c1ccc(Cl)c(Cl)c1. The van der Waals surface area contributed by atoms with Gasteiger partial charge in [0.25, 0.3) is 0 Å². The number of rotatable bonds is 4. The number of hydrogen-bond donors (Lipinski definition) is 1. The number of halogens is 5. The van der Waals surface area contributed by atoms with Gasteiger partial charge in [-0.2, -0.15) is 13.2 Å². The Morgan fingerprint density at radius 2 is 1.74 bits per heavy atom. The number of alkyl halides is 3. The third-order valence-electron chi connectivity index (χ3n) is 4.93. The van der Waals surface area contributed by atoms with Gasteiger partial charge in [-0.05, 0) is 43.7 Å². The molecule has 0 saturated heterocycles. The second kappa shape index (κ2) is 8.40. The van der Waals surface area contributed by atoms with E-state index in [0.29, 0.717) is 11.3 Å². The minimum absolute atomic E-state index is 0.0114. The van der Waals surface area contributed by atoms with Crippen molar-refractivity contribution in [2.24, 2.45) is 0 Å². The zero-order valence-electron chi connectivity index (χ0n) is 16.3. The van der Waals surface area contributed by atoms with Crippen LogP contribution in [0.5, 0.6) is 0 Å². The summed E-state index contributed by atoms with van der Waals surface area (Å²) in [5.74, 6) is -1.50. The fraction of sp³-hybridized carbons (Fsp3) is 0.182. The molecule has 0 bridgehead atoms. The quantitative estimate of drug-likeness (QED) is 0.472. The minimum Gasteiger partial charge on any atom is -0.477 e. The number of carboxylic acid groups (broad SMARTS) is 1. The molecule has 0 radical (unpaired) electrons. The van der Waals surface area contributed by atoms with Crippen molar-refractivity contribution in [3.63, 3.8) is 0 Å². The summed E-state index contributed by atoms with van der Waals surface area (Å²) in [5.41, 5.74) is -1.70. The molecule has 1 aromatic heterocycles. The largest absolute Gasteiger partial charge is 0.477 e. The summed E-state index contributed by atoms with van der Waals surface area (Å²) in [6, 6.07) is 8.72. The summed E-state index contributed by atoms with van der Waals surface area (Å²) in [4.78, 5) is 25.4. The zero-order chi connectivity index (χ0) is 23.1. The molecule has 0 spiro atoms. The van der Waals surface area contributed by atoms with E-state index in [4.69, 9.17) is 23.2 Å². The molecule has 3 rings (SSSR count). The normalized spacial score (nSPS) is 11.6. The Morgan fingerprint density at radius 1 is 1.06 bits per heavy atom. The van der Waals surface area contributed by atoms with Crippen LogP contribution in [0.2, 0.25) is 10.0 Å². The highest BCUT2D eigenvalue weighted by atomic mass is 35.5. The van der Waals surface area contributed by atoms with Crippen molar-refractivity contribution >= 4 is 29.2 Å². The standard InChI is InChI=1S/C22H16Cl2F3NO3/c1-3-28-11(2)17(12-5-4-6-14(9-12)22(25,26)27)20(29)18(21(30)31)19(28)13-7-8-15(23)16(24)10-13/h4-10H,3H2,1-2H3,(H,30,31). The predicted octanol–water partition coefficient (Wildman–Crippen LogP) is 6.53. The van der Waals surface area contributed by atoms with Crippen molar-refractivity contribution in [2.75, 3.05) is 0 Å². The van der Waals surface area contributed by atoms with E-state index in [-0.39, 0.29) is 33.4 Å². The van der Waals surface area contributed by atoms with Crippen molar-refractivity contribution in [2.45, 2.75) is 26.6 Å². The van der Waals surface area contributed by atoms with E-state index in [1.165, 1.54) is 30.3 Å². The van der Waals surface area contributed by atoms with Crippen LogP contribution in [0.15, 0.2) is 47.3 Å². The summed E-state index contributed by atoms with van der Waals surface area (Å²) in [6.45, 7) is 3.56. The van der Waals surface area contributed by atoms with Crippen LogP contribution in [0.3, 0.4) is 0 Å². The lowest BCUT2D eigenvalue weighted by Gasteiger charge is -2.21. The molecule has 0 amide bonds. The zero-order valence-corrected chi connectivity index (χ0v) is 17.9. The average molecular weight is 470 g/mol. The van der Waals surface area contributed by atoms with E-state index in [1.807, 2.05) is 0 Å². The highest BCUT2D eigenvalue weighted by molar-refractivity contribution is 6.42. The molecule has 1 heterocycles. The van der Waals surface area contributed by atoms with Gasteiger partial charge in [-0.3, -0.25) is 4.79 Å². The van der Waals surface area contributed by atoms with E-state index in [2.05, 4.69) is 0 Å². The summed E-state index contributed by atoms with van der Waals surface area (Å²) < 4.78 is 41.1. The summed E-state index contributed by atoms with van der Waals surface area (Å²) >= 11 is 12.0. The number of aromatic carboxylic acids is 1. The molecule has 0 saturated carbocycles. The number of benzene rings is 2. The molecule has 31 heavy (non-hydrogen) atoms. The molecule has 4 nitrogen and oxygen atoms in total. The van der Waals surface area contributed by atoms with E-state index in [0.717, 1.165) is 12.1 Å².